The standard InChI is InChI=1S/C34H34F3N9O/c1-22-7-10-46(17-22)18-24-11-26(20-47)29(30(13-24)34(35,36)37)19-44(2)32-15-25(14-31(42-32)40-9-4-8-38)28-12-23(16-39)5-6-27(28)33-43-41-21-45(33)3/h5-6,11-15,20-22H,4,7,9-10,17-19H2,1-3H3,(H,40,42). The van der Waals surface area contributed by atoms with Crippen LogP contribution >= 0.6 is 0 Å². The summed E-state index contributed by atoms with van der Waals surface area (Å²) in [6, 6.07) is 15.5. The van der Waals surface area contributed by atoms with Crippen molar-refractivity contribution in [2.45, 2.75) is 39.0 Å². The number of hydrogen-bond acceptors (Lipinski definition) is 9. The van der Waals surface area contributed by atoms with Crippen LogP contribution in [0.5, 0.6) is 0 Å². The van der Waals surface area contributed by atoms with Gasteiger partial charge in [0.25, 0.3) is 0 Å². The topological polar surface area (TPSA) is 127 Å². The number of aromatic nitrogens is 4. The highest BCUT2D eigenvalue weighted by atomic mass is 19.4. The molecular weight excluding hydrogens is 607 g/mol. The Hall–Kier alpha value is -5.27. The molecule has 1 atom stereocenters. The Morgan fingerprint density at radius 3 is 2.60 bits per heavy atom. The van der Waals surface area contributed by atoms with Gasteiger partial charge < -0.3 is 14.8 Å². The number of likely N-dealkylation sites (tertiary alicyclic amines) is 1. The van der Waals surface area contributed by atoms with Crippen molar-refractivity contribution < 1.29 is 18.0 Å². The quantitative estimate of drug-likeness (QED) is 0.154. The number of carbonyl (C=O) groups is 1. The van der Waals surface area contributed by atoms with Gasteiger partial charge in [0.05, 0.1) is 29.7 Å². The summed E-state index contributed by atoms with van der Waals surface area (Å²) >= 11 is 0. The molecule has 13 heteroatoms. The van der Waals surface area contributed by atoms with Crippen LogP contribution in [0.2, 0.25) is 0 Å². The number of pyridine rings is 1. The number of carbonyl (C=O) groups excluding carboxylic acids is 1. The van der Waals surface area contributed by atoms with Crippen LogP contribution in [0.3, 0.4) is 0 Å². The average Bonchev–Trinajstić information content (AvgIpc) is 3.67. The van der Waals surface area contributed by atoms with Crippen molar-refractivity contribution in [3.8, 4) is 34.7 Å². The first-order valence-corrected chi connectivity index (χ1v) is 15.1. The van der Waals surface area contributed by atoms with E-state index in [-0.39, 0.29) is 30.6 Å². The second kappa shape index (κ2) is 14.0. The smallest absolute Gasteiger partial charge is 0.369 e. The van der Waals surface area contributed by atoms with E-state index in [1.807, 2.05) is 0 Å². The van der Waals surface area contributed by atoms with Gasteiger partial charge in [-0.1, -0.05) is 6.92 Å². The van der Waals surface area contributed by atoms with E-state index >= 15 is 0 Å². The fourth-order valence-corrected chi connectivity index (χ4v) is 5.91. The molecule has 0 saturated carbocycles. The number of benzene rings is 2. The maximum absolute atomic E-state index is 14.5. The van der Waals surface area contributed by atoms with Crippen LogP contribution in [0.15, 0.2) is 48.8 Å². The highest BCUT2D eigenvalue weighted by Gasteiger charge is 2.35. The van der Waals surface area contributed by atoms with Crippen LogP contribution in [0, 0.1) is 28.6 Å². The maximum Gasteiger partial charge on any atom is 0.416 e. The zero-order valence-corrected chi connectivity index (χ0v) is 26.3. The summed E-state index contributed by atoms with van der Waals surface area (Å²) in [5.74, 6) is 1.71. The molecule has 0 radical (unpaired) electrons. The summed E-state index contributed by atoms with van der Waals surface area (Å²) in [7, 11) is 3.40. The van der Waals surface area contributed by atoms with E-state index < -0.39 is 11.7 Å². The molecule has 3 heterocycles. The fraction of sp³-hybridized carbons (Fsp3) is 0.353. The average molecular weight is 642 g/mol. The van der Waals surface area contributed by atoms with Crippen LogP contribution < -0.4 is 10.2 Å². The summed E-state index contributed by atoms with van der Waals surface area (Å²) < 4.78 is 45.4. The number of nitrogens with one attached hydrogen (secondary N) is 1. The Kier molecular flexibility index (Phi) is 9.87. The molecule has 4 aromatic rings. The predicted octanol–water partition coefficient (Wildman–Crippen LogP) is 6.05. The SMILES string of the molecule is CC1CCN(Cc2cc(C=O)c(CN(C)c3cc(-c4cc(C#N)ccc4-c4nncn4C)cc(NCCC#N)n3)c(C(F)(F)F)c2)C1. The van der Waals surface area contributed by atoms with Gasteiger partial charge in [-0.25, -0.2) is 4.98 Å². The first-order chi connectivity index (χ1) is 22.5. The lowest BCUT2D eigenvalue weighted by Gasteiger charge is -2.25. The van der Waals surface area contributed by atoms with Crippen molar-refractivity contribution in [2.75, 3.05) is 36.9 Å². The van der Waals surface area contributed by atoms with Crippen molar-refractivity contribution in [1.82, 2.24) is 24.6 Å². The molecule has 2 aromatic carbocycles. The molecule has 1 saturated heterocycles. The van der Waals surface area contributed by atoms with E-state index in [1.54, 1.807) is 66.3 Å². The first-order valence-electron chi connectivity index (χ1n) is 15.1. The Labute approximate surface area is 271 Å². The van der Waals surface area contributed by atoms with Crippen LogP contribution in [-0.2, 0) is 26.3 Å². The van der Waals surface area contributed by atoms with Crippen LogP contribution in [0.4, 0.5) is 24.8 Å². The second-order valence-corrected chi connectivity index (χ2v) is 11.9. The van der Waals surface area contributed by atoms with Crippen molar-refractivity contribution in [1.29, 1.82) is 10.5 Å². The molecule has 10 nitrogen and oxygen atoms in total. The van der Waals surface area contributed by atoms with Crippen LogP contribution in [0.1, 0.15) is 52.4 Å². The van der Waals surface area contributed by atoms with Crippen molar-refractivity contribution in [3.63, 3.8) is 0 Å². The Morgan fingerprint density at radius 1 is 1.15 bits per heavy atom. The van der Waals surface area contributed by atoms with Gasteiger partial charge in [0.1, 0.15) is 24.2 Å². The van der Waals surface area contributed by atoms with Crippen molar-refractivity contribution in [2.24, 2.45) is 13.0 Å². The number of rotatable bonds is 11. The number of halogens is 3. The number of anilines is 2. The Bertz CT molecular complexity index is 1850. The fourth-order valence-electron chi connectivity index (χ4n) is 5.91. The van der Waals surface area contributed by atoms with E-state index in [9.17, 15) is 23.2 Å². The molecule has 1 aliphatic rings. The second-order valence-electron chi connectivity index (χ2n) is 11.9. The summed E-state index contributed by atoms with van der Waals surface area (Å²) in [4.78, 5) is 20.6. The van der Waals surface area contributed by atoms with Gasteiger partial charge in [0, 0.05) is 51.4 Å². The van der Waals surface area contributed by atoms with Gasteiger partial charge in [0.2, 0.25) is 0 Å². The highest BCUT2D eigenvalue weighted by molar-refractivity contribution is 5.84. The van der Waals surface area contributed by atoms with Gasteiger partial charge in [0.15, 0.2) is 5.82 Å². The van der Waals surface area contributed by atoms with E-state index in [4.69, 9.17) is 5.26 Å². The Balaban J connectivity index is 1.58. The summed E-state index contributed by atoms with van der Waals surface area (Å²) in [5, 5.41) is 30.1. The van der Waals surface area contributed by atoms with E-state index in [0.717, 1.165) is 25.6 Å². The molecule has 47 heavy (non-hydrogen) atoms. The Morgan fingerprint density at radius 2 is 1.96 bits per heavy atom. The zero-order chi connectivity index (χ0) is 33.7. The van der Waals surface area contributed by atoms with E-state index in [0.29, 0.717) is 64.0 Å². The molecule has 0 amide bonds. The molecule has 1 N–H and O–H groups in total. The molecule has 2 aromatic heterocycles. The molecule has 0 aliphatic carbocycles. The molecule has 0 bridgehead atoms. The number of hydrogen-bond donors (Lipinski definition) is 1. The lowest BCUT2D eigenvalue weighted by atomic mass is 9.96. The first kappa shape index (κ1) is 33.1. The molecule has 1 unspecified atom stereocenters. The van der Waals surface area contributed by atoms with Crippen LogP contribution in [0.25, 0.3) is 22.5 Å². The van der Waals surface area contributed by atoms with Crippen molar-refractivity contribution >= 4 is 17.9 Å². The number of nitrogens with zero attached hydrogens (tertiary/aromatic N) is 8. The number of alkyl halides is 3. The number of aryl methyl sites for hydroxylation is 1. The zero-order valence-electron chi connectivity index (χ0n) is 26.3. The lowest BCUT2D eigenvalue weighted by Crippen LogP contribution is -2.24. The minimum absolute atomic E-state index is 0.0243. The minimum atomic E-state index is -4.69. The monoisotopic (exact) mass is 641 g/mol. The molecule has 1 aliphatic heterocycles. The summed E-state index contributed by atoms with van der Waals surface area (Å²) in [6.07, 6.45) is -1.48. The van der Waals surface area contributed by atoms with Crippen LogP contribution in [-0.4, -0.2) is 57.6 Å². The van der Waals surface area contributed by atoms with Gasteiger partial charge in [-0.2, -0.15) is 23.7 Å². The third-order valence-electron chi connectivity index (χ3n) is 8.24. The number of aldehydes is 1. The van der Waals surface area contributed by atoms with Gasteiger partial charge in [-0.15, -0.1) is 10.2 Å². The minimum Gasteiger partial charge on any atom is -0.369 e. The third-order valence-corrected chi connectivity index (χ3v) is 8.24. The highest BCUT2D eigenvalue weighted by Crippen LogP contribution is 2.38. The molecule has 1 fully saturated rings. The summed E-state index contributed by atoms with van der Waals surface area (Å²) in [5.41, 5.74) is 1.73. The van der Waals surface area contributed by atoms with E-state index in [1.165, 1.54) is 0 Å². The van der Waals surface area contributed by atoms with E-state index in [2.05, 4.69) is 44.5 Å². The lowest BCUT2D eigenvalue weighted by molar-refractivity contribution is -0.138. The summed E-state index contributed by atoms with van der Waals surface area (Å²) in [6.45, 7) is 4.07. The molecule has 242 valence electrons. The molecule has 0 spiro atoms. The van der Waals surface area contributed by atoms with Crippen molar-refractivity contribution in [3.05, 3.63) is 76.6 Å². The molecular formula is C34H34F3N9O. The third kappa shape index (κ3) is 7.59. The number of nitriles is 2. The largest absolute Gasteiger partial charge is 0.416 e. The predicted molar refractivity (Wildman–Crippen MR) is 171 cm³/mol. The maximum atomic E-state index is 14.5. The van der Waals surface area contributed by atoms with Gasteiger partial charge in [-0.05, 0) is 83.6 Å². The normalized spacial score (nSPS) is 14.9. The van der Waals surface area contributed by atoms with Gasteiger partial charge in [-0.3, -0.25) is 9.69 Å². The molecule has 5 rings (SSSR count). The van der Waals surface area contributed by atoms with Gasteiger partial charge >= 0.3 is 6.18 Å².